The zero-order chi connectivity index (χ0) is 20.5. The molecule has 0 saturated carbocycles. The average Bonchev–Trinajstić information content (AvgIpc) is 2.67. The molecule has 0 bridgehead atoms. The Morgan fingerprint density at radius 1 is 0.964 bits per heavy atom. The Kier molecular flexibility index (Phi) is 14.3. The van der Waals surface area contributed by atoms with Gasteiger partial charge < -0.3 is 33.7 Å². The van der Waals surface area contributed by atoms with Gasteiger partial charge in [0.2, 0.25) is 0 Å². The molecule has 0 spiro atoms. The van der Waals surface area contributed by atoms with Crippen LogP contribution < -0.4 is 5.32 Å². The number of ether oxygens (including phenoxy) is 6. The lowest BCUT2D eigenvalue weighted by molar-refractivity contribution is -0.0130. The topological polar surface area (TPSA) is 67.4 Å². The monoisotopic (exact) mass is 403 g/mol. The van der Waals surface area contributed by atoms with Crippen LogP contribution in [0.25, 0.3) is 0 Å². The van der Waals surface area contributed by atoms with Crippen molar-refractivity contribution in [1.29, 1.82) is 0 Å². The average molecular weight is 404 g/mol. The molecule has 166 valence electrons. The largest absolute Gasteiger partial charge is 0.482 e. The van der Waals surface area contributed by atoms with Crippen molar-refractivity contribution in [3.05, 3.63) is 18.1 Å². The minimum Gasteiger partial charge on any atom is -0.482 e. The van der Waals surface area contributed by atoms with Gasteiger partial charge in [0.25, 0.3) is 0 Å². The van der Waals surface area contributed by atoms with E-state index in [1.807, 2.05) is 20.8 Å². The summed E-state index contributed by atoms with van der Waals surface area (Å²) in [7, 11) is 0. The minimum atomic E-state index is -0.276. The van der Waals surface area contributed by atoms with E-state index in [-0.39, 0.29) is 7.03 Å². The lowest BCUT2D eigenvalue weighted by atomic mass is 10.1. The molecule has 0 atom stereocenters. The molecule has 1 rings (SSSR count). The van der Waals surface area contributed by atoms with Crippen molar-refractivity contribution in [2.75, 3.05) is 72.6 Å². The molecule has 7 heteroatoms. The Labute approximate surface area is 171 Å². The quantitative estimate of drug-likeness (QED) is 0.241. The van der Waals surface area contributed by atoms with Gasteiger partial charge in [0.15, 0.2) is 5.76 Å². The van der Waals surface area contributed by atoms with Gasteiger partial charge in [-0.05, 0) is 33.6 Å². The molecule has 0 amide bonds. The predicted molar refractivity (Wildman–Crippen MR) is 111 cm³/mol. The Morgan fingerprint density at radius 3 is 2.04 bits per heavy atom. The van der Waals surface area contributed by atoms with Crippen molar-refractivity contribution < 1.29 is 29.8 Å². The summed E-state index contributed by atoms with van der Waals surface area (Å²) in [4.78, 5) is 0. The normalized spacial score (nSPS) is 15.4. The Bertz CT molecular complexity index is 431. The number of rotatable bonds is 16. The van der Waals surface area contributed by atoms with E-state index in [4.69, 9.17) is 28.4 Å². The fourth-order valence-electron chi connectivity index (χ4n) is 2.55. The predicted octanol–water partition coefficient (Wildman–Crippen LogP) is 2.55. The van der Waals surface area contributed by atoms with Crippen LogP contribution in [0, 0.1) is 0 Å². The molecule has 0 aromatic heterocycles. The highest BCUT2D eigenvalue weighted by atomic mass is 16.6. The zero-order valence-electron chi connectivity index (χ0n) is 17.9. The highest BCUT2D eigenvalue weighted by molar-refractivity contribution is 4.91. The Hall–Kier alpha value is -0.920. The highest BCUT2D eigenvalue weighted by Gasteiger charge is 2.13. The van der Waals surface area contributed by atoms with Gasteiger partial charge in [0.05, 0.1) is 46.2 Å². The van der Waals surface area contributed by atoms with Crippen molar-refractivity contribution in [1.82, 2.24) is 5.32 Å². The molecule has 1 aliphatic rings. The van der Waals surface area contributed by atoms with E-state index in [0.717, 1.165) is 32.6 Å². The van der Waals surface area contributed by atoms with Crippen molar-refractivity contribution in [2.24, 2.45) is 0 Å². The second-order valence-electron chi connectivity index (χ2n) is 7.54. The highest BCUT2D eigenvalue weighted by Crippen LogP contribution is 2.12. The summed E-state index contributed by atoms with van der Waals surface area (Å²) in [5.41, 5.74) is 2.48. The van der Waals surface area contributed by atoms with Gasteiger partial charge in [0, 0.05) is 27.2 Å². The van der Waals surface area contributed by atoms with Crippen molar-refractivity contribution in [2.45, 2.75) is 45.3 Å². The lowest BCUT2D eigenvalue weighted by Crippen LogP contribution is -2.36. The molecule has 0 radical (unpaired) electrons. The molecule has 1 aliphatic heterocycles. The maximum absolute atomic E-state index is 5.66. The maximum Gasteiger partial charge on any atom is 0.164 e. The van der Waals surface area contributed by atoms with Crippen LogP contribution in [0.15, 0.2) is 18.1 Å². The van der Waals surface area contributed by atoms with Crippen molar-refractivity contribution >= 4 is 0 Å². The van der Waals surface area contributed by atoms with Gasteiger partial charge in [0.1, 0.15) is 12.2 Å². The first kappa shape index (κ1) is 25.1. The second kappa shape index (κ2) is 15.9. The number of nitrogens with one attached hydrogen (secondary N) is 1. The summed E-state index contributed by atoms with van der Waals surface area (Å²) in [6.45, 7) is 16.4. The van der Waals surface area contributed by atoms with Crippen LogP contribution in [0.5, 0.6) is 0 Å². The van der Waals surface area contributed by atoms with Gasteiger partial charge in [-0.1, -0.05) is 12.3 Å². The second-order valence-corrected chi connectivity index (χ2v) is 7.54. The van der Waals surface area contributed by atoms with Gasteiger partial charge in [-0.2, -0.15) is 0 Å². The molecule has 28 heavy (non-hydrogen) atoms. The van der Waals surface area contributed by atoms with E-state index in [2.05, 4.69) is 17.6 Å². The summed E-state index contributed by atoms with van der Waals surface area (Å²) in [6.07, 6.45) is 2.18. The third-order valence-electron chi connectivity index (χ3n) is 3.88. The van der Waals surface area contributed by atoms with Gasteiger partial charge in [-0.15, -0.1) is 0 Å². The van der Waals surface area contributed by atoms with Crippen LogP contribution in [0.3, 0.4) is 0 Å². The molecule has 0 aromatic rings. The minimum absolute atomic E-state index is 0. The molecular formula is C21H41NO6. The van der Waals surface area contributed by atoms with E-state index >= 15 is 0 Å². The first-order valence-corrected chi connectivity index (χ1v) is 10.2. The first-order chi connectivity index (χ1) is 13.5. The molecule has 0 aliphatic carbocycles. The van der Waals surface area contributed by atoms with E-state index < -0.39 is 0 Å². The third kappa shape index (κ3) is 15.1. The van der Waals surface area contributed by atoms with Crippen LogP contribution in [-0.4, -0.2) is 84.3 Å². The van der Waals surface area contributed by atoms with Crippen LogP contribution in [0.1, 0.15) is 35.0 Å². The van der Waals surface area contributed by atoms with Gasteiger partial charge >= 0.3 is 0 Å². The summed E-state index contributed by atoms with van der Waals surface area (Å²) in [6, 6.07) is 0.570. The summed E-state index contributed by atoms with van der Waals surface area (Å²) >= 11 is 0. The fourth-order valence-corrected chi connectivity index (χ4v) is 2.55. The SMILES string of the molecule is C=C=C(COCCOCCOCCOCCNC1CCOCC1)OC(C)(C)C.[HH]. The van der Waals surface area contributed by atoms with Gasteiger partial charge in [-0.25, -0.2) is 0 Å². The summed E-state index contributed by atoms with van der Waals surface area (Å²) < 4.78 is 33.0. The van der Waals surface area contributed by atoms with E-state index in [1.54, 1.807) is 0 Å². The van der Waals surface area contributed by atoms with Crippen LogP contribution >= 0.6 is 0 Å². The molecule has 0 unspecified atom stereocenters. The summed E-state index contributed by atoms with van der Waals surface area (Å²) in [5, 5.41) is 3.48. The standard InChI is InChI=1S/C21H39NO6.H2/c1-5-20(28-21(2,3)4)18-27-17-16-26-15-14-25-13-12-24-11-8-22-19-6-9-23-10-7-19;/h19,22H,1,6-18H2,2-4H3;1H. The van der Waals surface area contributed by atoms with Crippen molar-refractivity contribution in [3.8, 4) is 0 Å². The fraction of sp³-hybridized carbons (Fsp3) is 0.857. The van der Waals surface area contributed by atoms with Gasteiger partial charge in [-0.3, -0.25) is 0 Å². The number of hydrogen-bond donors (Lipinski definition) is 1. The lowest BCUT2D eigenvalue weighted by Gasteiger charge is -2.23. The zero-order valence-corrected chi connectivity index (χ0v) is 17.9. The maximum atomic E-state index is 5.66. The third-order valence-corrected chi connectivity index (χ3v) is 3.88. The Balaban J connectivity index is 0.00000784. The van der Waals surface area contributed by atoms with E-state index in [0.29, 0.717) is 64.7 Å². The van der Waals surface area contributed by atoms with E-state index in [1.165, 1.54) is 0 Å². The molecule has 1 N–H and O–H groups in total. The smallest absolute Gasteiger partial charge is 0.164 e. The first-order valence-electron chi connectivity index (χ1n) is 10.2. The van der Waals surface area contributed by atoms with Crippen LogP contribution in [0.2, 0.25) is 0 Å². The molecule has 1 fully saturated rings. The molecular weight excluding hydrogens is 362 g/mol. The van der Waals surface area contributed by atoms with Crippen molar-refractivity contribution in [3.63, 3.8) is 0 Å². The number of hydrogen-bond acceptors (Lipinski definition) is 7. The van der Waals surface area contributed by atoms with Crippen LogP contribution in [0.4, 0.5) is 0 Å². The molecule has 1 saturated heterocycles. The molecule has 1 heterocycles. The Morgan fingerprint density at radius 2 is 1.50 bits per heavy atom. The summed E-state index contributed by atoms with van der Waals surface area (Å²) in [5.74, 6) is 0.610. The van der Waals surface area contributed by atoms with E-state index in [9.17, 15) is 0 Å². The molecule has 7 nitrogen and oxygen atoms in total. The molecule has 0 aromatic carbocycles. The van der Waals surface area contributed by atoms with Crippen LogP contribution in [-0.2, 0) is 28.4 Å².